The van der Waals surface area contributed by atoms with Crippen LogP contribution in [-0.2, 0) is 13.1 Å². The van der Waals surface area contributed by atoms with E-state index in [-0.39, 0.29) is 29.8 Å². The molecule has 1 aliphatic heterocycles. The Balaban J connectivity index is 0.00000392. The molecule has 1 saturated heterocycles. The molecule has 1 atom stereocenters. The van der Waals surface area contributed by atoms with Crippen LogP contribution in [0.3, 0.4) is 0 Å². The van der Waals surface area contributed by atoms with Gasteiger partial charge in [0.25, 0.3) is 0 Å². The first-order valence-electron chi connectivity index (χ1n) is 10.2. The summed E-state index contributed by atoms with van der Waals surface area (Å²) in [5.74, 6) is 0.815. The summed E-state index contributed by atoms with van der Waals surface area (Å²) < 4.78 is 14.0. The van der Waals surface area contributed by atoms with Crippen LogP contribution >= 0.6 is 24.0 Å². The van der Waals surface area contributed by atoms with Gasteiger partial charge in [-0.15, -0.1) is 24.0 Å². The molecule has 0 aromatic heterocycles. The predicted molar refractivity (Wildman–Crippen MR) is 127 cm³/mol. The second kappa shape index (κ2) is 12.6. The maximum Gasteiger partial charge on any atom is 0.194 e. The highest BCUT2D eigenvalue weighted by atomic mass is 127. The summed E-state index contributed by atoms with van der Waals surface area (Å²) in [5.41, 5.74) is 1.77. The zero-order chi connectivity index (χ0) is 19.8. The molecule has 2 rings (SSSR count). The van der Waals surface area contributed by atoms with Crippen LogP contribution in [0.1, 0.15) is 38.3 Å². The maximum atomic E-state index is 14.0. The van der Waals surface area contributed by atoms with Gasteiger partial charge in [0.05, 0.1) is 6.54 Å². The third kappa shape index (κ3) is 7.15. The minimum Gasteiger partial charge on any atom is -0.357 e. The van der Waals surface area contributed by atoms with Gasteiger partial charge in [0.1, 0.15) is 5.82 Å². The van der Waals surface area contributed by atoms with Gasteiger partial charge in [-0.05, 0) is 58.2 Å². The summed E-state index contributed by atoms with van der Waals surface area (Å²) in [7, 11) is 3.90. The number of likely N-dealkylation sites (tertiary alicyclic amines) is 1. The fraction of sp³-hybridized carbons (Fsp3) is 0.667. The van der Waals surface area contributed by atoms with Crippen molar-refractivity contribution in [3.05, 3.63) is 35.1 Å². The highest BCUT2D eigenvalue weighted by molar-refractivity contribution is 14.0. The standard InChI is InChI=1S/C21H36FN5.HI/c1-6-23-21(27-12-11-19(16-27)26(7-2)8-3)24-14-17-9-10-20(22)18(13-17)15-25(4)5;/h9-10,13,19H,6-8,11-12,14-16H2,1-5H3,(H,23,24);1H. The van der Waals surface area contributed by atoms with Gasteiger partial charge in [0, 0.05) is 37.8 Å². The van der Waals surface area contributed by atoms with E-state index in [1.165, 1.54) is 6.42 Å². The number of halogens is 2. The number of nitrogens with one attached hydrogen (secondary N) is 1. The molecule has 1 aliphatic rings. The summed E-state index contributed by atoms with van der Waals surface area (Å²) in [5, 5.41) is 3.42. The molecular weight excluding hydrogens is 468 g/mol. The molecule has 0 bridgehead atoms. The van der Waals surface area contributed by atoms with Gasteiger partial charge in [0.2, 0.25) is 0 Å². The van der Waals surface area contributed by atoms with Crippen LogP contribution in [0.2, 0.25) is 0 Å². The van der Waals surface area contributed by atoms with Crippen molar-refractivity contribution in [3.63, 3.8) is 0 Å². The number of nitrogens with zero attached hydrogens (tertiary/aromatic N) is 4. The molecule has 160 valence electrons. The van der Waals surface area contributed by atoms with Crippen molar-refractivity contribution in [2.75, 3.05) is 46.8 Å². The Morgan fingerprint density at radius 1 is 1.25 bits per heavy atom. The zero-order valence-electron chi connectivity index (χ0n) is 18.0. The maximum absolute atomic E-state index is 14.0. The Morgan fingerprint density at radius 2 is 1.96 bits per heavy atom. The molecule has 1 fully saturated rings. The first-order valence-corrected chi connectivity index (χ1v) is 10.2. The Hall–Kier alpha value is -0.930. The largest absolute Gasteiger partial charge is 0.357 e. The first kappa shape index (κ1) is 25.1. The van der Waals surface area contributed by atoms with Crippen molar-refractivity contribution in [2.24, 2.45) is 4.99 Å². The zero-order valence-corrected chi connectivity index (χ0v) is 20.4. The molecule has 1 aromatic carbocycles. The van der Waals surface area contributed by atoms with Crippen LogP contribution in [0.25, 0.3) is 0 Å². The smallest absolute Gasteiger partial charge is 0.194 e. The Morgan fingerprint density at radius 3 is 2.57 bits per heavy atom. The number of benzene rings is 1. The molecule has 0 radical (unpaired) electrons. The van der Waals surface area contributed by atoms with E-state index in [1.807, 2.05) is 31.1 Å². The Labute approximate surface area is 187 Å². The van der Waals surface area contributed by atoms with Crippen LogP contribution in [0.15, 0.2) is 23.2 Å². The molecular formula is C21H37FIN5. The highest BCUT2D eigenvalue weighted by Gasteiger charge is 2.27. The van der Waals surface area contributed by atoms with Crippen molar-refractivity contribution in [1.29, 1.82) is 0 Å². The van der Waals surface area contributed by atoms with Crippen molar-refractivity contribution in [2.45, 2.75) is 46.3 Å². The number of likely N-dealkylation sites (N-methyl/N-ethyl adjacent to an activating group) is 1. The van der Waals surface area contributed by atoms with E-state index in [0.29, 0.717) is 19.1 Å². The molecule has 1 heterocycles. The summed E-state index contributed by atoms with van der Waals surface area (Å²) in [6, 6.07) is 5.93. The van der Waals surface area contributed by atoms with Gasteiger partial charge in [-0.2, -0.15) is 0 Å². The molecule has 28 heavy (non-hydrogen) atoms. The molecule has 0 aliphatic carbocycles. The first-order chi connectivity index (χ1) is 13.0. The SMILES string of the molecule is CCNC(=NCc1ccc(F)c(CN(C)C)c1)N1CCC(N(CC)CC)C1.I. The minimum atomic E-state index is -0.148. The Bertz CT molecular complexity index is 619. The third-order valence-electron chi connectivity index (χ3n) is 5.13. The molecule has 1 unspecified atom stereocenters. The van der Waals surface area contributed by atoms with Gasteiger partial charge in [0.15, 0.2) is 5.96 Å². The van der Waals surface area contributed by atoms with E-state index < -0.39 is 0 Å². The van der Waals surface area contributed by atoms with Crippen LogP contribution in [0, 0.1) is 5.82 Å². The second-order valence-electron chi connectivity index (χ2n) is 7.44. The van der Waals surface area contributed by atoms with Crippen molar-refractivity contribution in [3.8, 4) is 0 Å². The molecule has 0 spiro atoms. The van der Waals surface area contributed by atoms with Crippen molar-refractivity contribution in [1.82, 2.24) is 20.0 Å². The lowest BCUT2D eigenvalue weighted by Crippen LogP contribution is -2.43. The molecule has 0 amide bonds. The third-order valence-corrected chi connectivity index (χ3v) is 5.13. The normalized spacial score (nSPS) is 17.4. The number of guanidine groups is 1. The summed E-state index contributed by atoms with van der Waals surface area (Å²) in [6.07, 6.45) is 1.18. The van der Waals surface area contributed by atoms with E-state index in [1.54, 1.807) is 6.07 Å². The van der Waals surface area contributed by atoms with Gasteiger partial charge < -0.3 is 15.1 Å². The average molecular weight is 505 g/mol. The van der Waals surface area contributed by atoms with Crippen LogP contribution < -0.4 is 5.32 Å². The molecule has 5 nitrogen and oxygen atoms in total. The van der Waals surface area contributed by atoms with Gasteiger partial charge in [-0.25, -0.2) is 9.38 Å². The summed E-state index contributed by atoms with van der Waals surface area (Å²) in [6.45, 7) is 12.8. The van der Waals surface area contributed by atoms with Crippen molar-refractivity contribution < 1.29 is 4.39 Å². The lowest BCUT2D eigenvalue weighted by Gasteiger charge is -2.27. The molecule has 7 heteroatoms. The van der Waals surface area contributed by atoms with Gasteiger partial charge in [-0.1, -0.05) is 19.9 Å². The number of aliphatic imine (C=N–C) groups is 1. The quantitative estimate of drug-likeness (QED) is 0.334. The summed E-state index contributed by atoms with van der Waals surface area (Å²) >= 11 is 0. The van der Waals surface area contributed by atoms with Crippen LogP contribution in [-0.4, -0.2) is 73.5 Å². The summed E-state index contributed by atoms with van der Waals surface area (Å²) in [4.78, 5) is 11.7. The van der Waals surface area contributed by atoms with E-state index >= 15 is 0 Å². The van der Waals surface area contributed by atoms with E-state index in [0.717, 1.165) is 49.8 Å². The number of hydrogen-bond donors (Lipinski definition) is 1. The minimum absolute atomic E-state index is 0. The average Bonchev–Trinajstić information content (AvgIpc) is 3.11. The molecule has 0 saturated carbocycles. The fourth-order valence-corrected chi connectivity index (χ4v) is 3.75. The van der Waals surface area contributed by atoms with Gasteiger partial charge in [-0.3, -0.25) is 4.90 Å². The topological polar surface area (TPSA) is 34.1 Å². The predicted octanol–water partition coefficient (Wildman–Crippen LogP) is 3.39. The van der Waals surface area contributed by atoms with E-state index in [9.17, 15) is 4.39 Å². The van der Waals surface area contributed by atoms with E-state index in [2.05, 4.69) is 35.9 Å². The Kier molecular flexibility index (Phi) is 11.3. The van der Waals surface area contributed by atoms with Gasteiger partial charge >= 0.3 is 0 Å². The van der Waals surface area contributed by atoms with Crippen LogP contribution in [0.5, 0.6) is 0 Å². The number of rotatable bonds is 8. The lowest BCUT2D eigenvalue weighted by atomic mass is 10.1. The highest BCUT2D eigenvalue weighted by Crippen LogP contribution is 2.17. The van der Waals surface area contributed by atoms with Crippen molar-refractivity contribution >= 4 is 29.9 Å². The van der Waals surface area contributed by atoms with Crippen LogP contribution in [0.4, 0.5) is 4.39 Å². The number of hydrogen-bond acceptors (Lipinski definition) is 3. The van der Waals surface area contributed by atoms with E-state index in [4.69, 9.17) is 4.99 Å². The molecule has 1 N–H and O–H groups in total. The monoisotopic (exact) mass is 505 g/mol. The molecule has 1 aromatic rings. The fourth-order valence-electron chi connectivity index (χ4n) is 3.75. The second-order valence-corrected chi connectivity index (χ2v) is 7.44. The lowest BCUT2D eigenvalue weighted by molar-refractivity contribution is 0.223.